The lowest BCUT2D eigenvalue weighted by Crippen LogP contribution is -2.23. The van der Waals surface area contributed by atoms with Gasteiger partial charge in [-0.05, 0) is 36.1 Å². The molecule has 1 atom stereocenters. The van der Waals surface area contributed by atoms with Crippen LogP contribution in [-0.4, -0.2) is 35.1 Å². The van der Waals surface area contributed by atoms with Crippen molar-refractivity contribution >= 4 is 46.9 Å². The molecule has 4 rings (SSSR count). The number of hydrogen-bond donors (Lipinski definition) is 2. The van der Waals surface area contributed by atoms with Crippen LogP contribution >= 0.6 is 23.5 Å². The summed E-state index contributed by atoms with van der Waals surface area (Å²) < 4.78 is 7.42. The number of para-hydroxylation sites is 1. The predicted molar refractivity (Wildman–Crippen MR) is 117 cm³/mol. The average molecular weight is 426 g/mol. The minimum absolute atomic E-state index is 0.163. The number of allylic oxidation sites excluding steroid dienone is 2. The van der Waals surface area contributed by atoms with Crippen molar-refractivity contribution in [3.63, 3.8) is 0 Å². The van der Waals surface area contributed by atoms with Gasteiger partial charge in [-0.25, -0.2) is 0 Å². The molecular weight excluding hydrogens is 406 g/mol. The quantitative estimate of drug-likeness (QED) is 0.702. The molecule has 0 saturated heterocycles. The minimum atomic E-state index is -0.331. The van der Waals surface area contributed by atoms with E-state index in [-0.39, 0.29) is 23.5 Å². The first-order chi connectivity index (χ1) is 14.0. The van der Waals surface area contributed by atoms with E-state index in [1.165, 1.54) is 30.6 Å². The molecular formula is C21H19N3O3S2. The number of fused-ring (bicyclic) bond motifs is 3. The second kappa shape index (κ2) is 7.96. The highest BCUT2D eigenvalue weighted by Crippen LogP contribution is 2.53. The first-order valence-electron chi connectivity index (χ1n) is 8.96. The third-order valence-electron chi connectivity index (χ3n) is 4.82. The Labute approximate surface area is 176 Å². The van der Waals surface area contributed by atoms with Crippen LogP contribution in [0.15, 0.2) is 68.9 Å². The Hall–Kier alpha value is -2.71. The predicted octanol–water partition coefficient (Wildman–Crippen LogP) is 4.19. The molecule has 2 aliphatic heterocycles. The van der Waals surface area contributed by atoms with E-state index in [9.17, 15) is 9.59 Å². The third kappa shape index (κ3) is 3.54. The molecule has 0 aliphatic carbocycles. The molecule has 2 N–H and O–H groups in total. The number of anilines is 1. The van der Waals surface area contributed by atoms with Crippen LogP contribution < -0.4 is 5.32 Å². The van der Waals surface area contributed by atoms with Gasteiger partial charge >= 0.3 is 5.97 Å². The smallest absolute Gasteiger partial charge is 0.316 e. The number of hydrogen-bond acceptors (Lipinski definition) is 6. The fraction of sp³-hybridized carbons (Fsp3) is 0.190. The summed E-state index contributed by atoms with van der Waals surface area (Å²) in [5.74, 6) is -0.326. The van der Waals surface area contributed by atoms with Crippen LogP contribution in [0.4, 0.5) is 5.69 Å². The van der Waals surface area contributed by atoms with Crippen molar-refractivity contribution in [2.24, 2.45) is 0 Å². The summed E-state index contributed by atoms with van der Waals surface area (Å²) in [7, 11) is 1.36. The topological polar surface area (TPSA) is 84.2 Å². The SMILES string of the molecule is COC(=O)CSC1=C2C(=N)n3cccc3C2C(C(=O)Nc2ccccc2)=C(C)S1. The number of ether oxygens (including phenoxy) is 1. The molecule has 0 fully saturated rings. The van der Waals surface area contributed by atoms with Crippen LogP contribution in [0.2, 0.25) is 0 Å². The van der Waals surface area contributed by atoms with E-state index in [1.807, 2.05) is 55.6 Å². The maximum atomic E-state index is 13.2. The van der Waals surface area contributed by atoms with E-state index in [2.05, 4.69) is 5.32 Å². The number of esters is 1. The average Bonchev–Trinajstić information content (AvgIpc) is 3.30. The first kappa shape index (κ1) is 19.6. The van der Waals surface area contributed by atoms with Gasteiger partial charge in [0, 0.05) is 28.7 Å². The maximum absolute atomic E-state index is 13.2. The Morgan fingerprint density at radius 1 is 1.24 bits per heavy atom. The molecule has 2 aromatic rings. The van der Waals surface area contributed by atoms with E-state index in [4.69, 9.17) is 10.1 Å². The molecule has 29 heavy (non-hydrogen) atoms. The number of nitrogens with zero attached hydrogens (tertiary/aromatic N) is 1. The fourth-order valence-electron chi connectivity index (χ4n) is 3.51. The molecule has 0 radical (unpaired) electrons. The molecule has 2 aliphatic rings. The Morgan fingerprint density at radius 2 is 2.00 bits per heavy atom. The second-order valence-corrected chi connectivity index (χ2v) is 9.01. The van der Waals surface area contributed by atoms with Crippen LogP contribution in [0.1, 0.15) is 18.5 Å². The number of amides is 1. The molecule has 1 amide bonds. The Morgan fingerprint density at radius 3 is 2.72 bits per heavy atom. The highest BCUT2D eigenvalue weighted by molar-refractivity contribution is 8.24. The zero-order chi connectivity index (χ0) is 20.5. The van der Waals surface area contributed by atoms with Gasteiger partial charge in [0.15, 0.2) is 0 Å². The zero-order valence-corrected chi connectivity index (χ0v) is 17.5. The molecule has 1 aromatic carbocycles. The van der Waals surface area contributed by atoms with Gasteiger partial charge in [-0.3, -0.25) is 15.0 Å². The molecule has 3 heterocycles. The van der Waals surface area contributed by atoms with Gasteiger partial charge in [0.1, 0.15) is 5.84 Å². The molecule has 0 saturated carbocycles. The highest BCUT2D eigenvalue weighted by Gasteiger charge is 2.43. The lowest BCUT2D eigenvalue weighted by molar-refractivity contribution is -0.137. The lowest BCUT2D eigenvalue weighted by atomic mass is 9.89. The van der Waals surface area contributed by atoms with E-state index in [1.54, 1.807) is 4.57 Å². The third-order valence-corrected chi connectivity index (χ3v) is 7.22. The first-order valence-corrected chi connectivity index (χ1v) is 10.8. The van der Waals surface area contributed by atoms with Gasteiger partial charge in [-0.15, -0.1) is 11.8 Å². The lowest BCUT2D eigenvalue weighted by Gasteiger charge is -2.26. The van der Waals surface area contributed by atoms with Crippen molar-refractivity contribution in [3.8, 4) is 0 Å². The van der Waals surface area contributed by atoms with E-state index >= 15 is 0 Å². The van der Waals surface area contributed by atoms with Crippen LogP contribution in [0.25, 0.3) is 0 Å². The molecule has 0 bridgehead atoms. The van der Waals surface area contributed by atoms with Crippen molar-refractivity contribution < 1.29 is 14.3 Å². The number of carbonyl (C=O) groups excluding carboxylic acids is 2. The second-order valence-electron chi connectivity index (χ2n) is 6.54. The largest absolute Gasteiger partial charge is 0.468 e. The van der Waals surface area contributed by atoms with Crippen molar-refractivity contribution in [1.29, 1.82) is 5.41 Å². The Balaban J connectivity index is 1.72. The van der Waals surface area contributed by atoms with Gasteiger partial charge in [0.05, 0.1) is 23.0 Å². The Kier molecular flexibility index (Phi) is 5.38. The molecule has 1 unspecified atom stereocenters. The number of aromatic nitrogens is 1. The van der Waals surface area contributed by atoms with Crippen molar-refractivity contribution in [2.75, 3.05) is 18.2 Å². The van der Waals surface area contributed by atoms with Gasteiger partial charge in [-0.2, -0.15) is 0 Å². The highest BCUT2D eigenvalue weighted by atomic mass is 32.2. The van der Waals surface area contributed by atoms with Crippen LogP contribution in [-0.2, 0) is 14.3 Å². The normalized spacial score (nSPS) is 17.9. The van der Waals surface area contributed by atoms with Crippen LogP contribution in [0, 0.1) is 5.41 Å². The Bertz CT molecular complexity index is 1070. The molecule has 148 valence electrons. The van der Waals surface area contributed by atoms with E-state index in [0.29, 0.717) is 11.4 Å². The van der Waals surface area contributed by atoms with Gasteiger partial charge < -0.3 is 14.6 Å². The van der Waals surface area contributed by atoms with Crippen molar-refractivity contribution in [1.82, 2.24) is 4.57 Å². The van der Waals surface area contributed by atoms with Gasteiger partial charge in [-0.1, -0.05) is 30.0 Å². The summed E-state index contributed by atoms with van der Waals surface area (Å²) >= 11 is 2.79. The van der Waals surface area contributed by atoms with E-state index < -0.39 is 0 Å². The molecule has 0 spiro atoms. The van der Waals surface area contributed by atoms with Crippen molar-refractivity contribution in [2.45, 2.75) is 12.8 Å². The summed E-state index contributed by atoms with van der Waals surface area (Å²) in [5, 5.41) is 11.6. The monoisotopic (exact) mass is 425 g/mol. The fourth-order valence-corrected chi connectivity index (χ4v) is 5.96. The summed E-state index contributed by atoms with van der Waals surface area (Å²) in [6.07, 6.45) is 1.83. The van der Waals surface area contributed by atoms with E-state index in [0.717, 1.165) is 26.1 Å². The molecule has 6 nitrogen and oxygen atoms in total. The van der Waals surface area contributed by atoms with Crippen LogP contribution in [0.3, 0.4) is 0 Å². The maximum Gasteiger partial charge on any atom is 0.316 e. The summed E-state index contributed by atoms with van der Waals surface area (Å²) in [5.41, 5.74) is 3.02. The number of methoxy groups -OCH3 is 1. The van der Waals surface area contributed by atoms with Crippen LogP contribution in [0.5, 0.6) is 0 Å². The number of thioether (sulfide) groups is 2. The summed E-state index contributed by atoms with van der Waals surface area (Å²) in [4.78, 5) is 25.7. The number of rotatable bonds is 5. The summed E-state index contributed by atoms with van der Waals surface area (Å²) in [6.45, 7) is 1.91. The number of benzene rings is 1. The minimum Gasteiger partial charge on any atom is -0.468 e. The van der Waals surface area contributed by atoms with Gasteiger partial charge in [0.25, 0.3) is 5.91 Å². The summed E-state index contributed by atoms with van der Waals surface area (Å²) in [6, 6.07) is 13.1. The molecule has 8 heteroatoms. The standard InChI is InChI=1S/C21H19N3O3S2/c1-12-16(20(26)23-13-7-4-3-5-8-13)17-14-9-6-10-24(14)19(22)18(17)21(29-12)28-11-15(25)27-2/h3-10,17,22H,11H2,1-2H3,(H,23,26). The number of nitrogens with one attached hydrogen (secondary N) is 2. The molecule has 1 aromatic heterocycles. The van der Waals surface area contributed by atoms with Gasteiger partial charge in [0.2, 0.25) is 0 Å². The zero-order valence-electron chi connectivity index (χ0n) is 15.9. The van der Waals surface area contributed by atoms with Crippen molar-refractivity contribution in [3.05, 3.63) is 74.6 Å². The number of carbonyl (C=O) groups is 2.